The normalized spacial score (nSPS) is 10.6. The Labute approximate surface area is 111 Å². The topological polar surface area (TPSA) is 56.7 Å². The summed E-state index contributed by atoms with van der Waals surface area (Å²) in [6.45, 7) is 2.06. The number of hydrogen-bond acceptors (Lipinski definition) is 3. The Balaban J connectivity index is 1.95. The second kappa shape index (κ2) is 4.57. The molecule has 4 nitrogen and oxygen atoms in total. The van der Waals surface area contributed by atoms with Gasteiger partial charge in [0.25, 0.3) is 0 Å². The van der Waals surface area contributed by atoms with Crippen LogP contribution in [0.3, 0.4) is 0 Å². The van der Waals surface area contributed by atoms with Crippen molar-refractivity contribution in [3.63, 3.8) is 0 Å². The van der Waals surface area contributed by atoms with Gasteiger partial charge in [0, 0.05) is 11.3 Å². The van der Waals surface area contributed by atoms with Crippen molar-refractivity contribution < 1.29 is 0 Å². The minimum absolute atomic E-state index is 0.695. The highest BCUT2D eigenvalue weighted by Crippen LogP contribution is 2.17. The molecule has 0 unspecified atom stereocenters. The SMILES string of the molecule is Cc1ccc(-[15n]2c[15n]c(-c3ccc(N)cc3)[15n]2)cc1. The van der Waals surface area contributed by atoms with Gasteiger partial charge in [0.1, 0.15) is 6.33 Å². The number of nitrogens with two attached hydrogens (primary N) is 1. The third kappa shape index (κ3) is 2.33. The van der Waals surface area contributed by atoms with Gasteiger partial charge in [-0.2, -0.15) is 0 Å². The molecule has 0 amide bonds. The molecule has 0 saturated carbocycles. The number of nitrogen functional groups attached to an aromatic ring is 1. The first-order valence-corrected chi connectivity index (χ1v) is 6.07. The zero-order valence-electron chi connectivity index (χ0n) is 10.6. The molecule has 0 aliphatic carbocycles. The molecule has 1 heterocycles. The monoisotopic (exact) mass is 253 g/mol. The Morgan fingerprint density at radius 2 is 1.63 bits per heavy atom. The molecule has 0 fully saturated rings. The molecule has 0 aliphatic rings. The van der Waals surface area contributed by atoms with Crippen molar-refractivity contribution >= 4 is 5.69 Å². The lowest BCUT2D eigenvalue weighted by Crippen LogP contribution is -1.94. The number of aryl methyl sites for hydroxylation is 1. The predicted molar refractivity (Wildman–Crippen MR) is 75.9 cm³/mol. The number of nitrogens with zero attached hydrogens (tertiary/aromatic N) is 3. The van der Waals surface area contributed by atoms with Crippen molar-refractivity contribution in [1.29, 1.82) is 0 Å². The van der Waals surface area contributed by atoms with E-state index in [-0.39, 0.29) is 0 Å². The third-order valence-corrected chi connectivity index (χ3v) is 2.96. The van der Waals surface area contributed by atoms with Gasteiger partial charge in [-0.25, -0.2) is 9.67 Å². The molecular formula is C15H14N4. The molecule has 0 aliphatic heterocycles. The number of anilines is 1. The molecule has 94 valence electrons. The van der Waals surface area contributed by atoms with Crippen LogP contribution in [0.2, 0.25) is 0 Å². The number of aromatic nitrogens is 3. The Morgan fingerprint density at radius 1 is 0.947 bits per heavy atom. The van der Waals surface area contributed by atoms with Crippen LogP contribution < -0.4 is 5.73 Å². The summed E-state index contributed by atoms with van der Waals surface area (Å²) < 4.78 is 1.77. The van der Waals surface area contributed by atoms with E-state index >= 15 is 0 Å². The van der Waals surface area contributed by atoms with E-state index in [9.17, 15) is 0 Å². The van der Waals surface area contributed by atoms with Crippen molar-refractivity contribution in [2.75, 3.05) is 5.73 Å². The van der Waals surface area contributed by atoms with Crippen LogP contribution in [0, 0.1) is 6.92 Å². The van der Waals surface area contributed by atoms with E-state index in [1.54, 1.807) is 11.0 Å². The molecule has 0 saturated heterocycles. The zero-order chi connectivity index (χ0) is 13.2. The fourth-order valence-corrected chi connectivity index (χ4v) is 1.85. The first-order chi connectivity index (χ1) is 9.22. The van der Waals surface area contributed by atoms with Crippen LogP contribution in [0.1, 0.15) is 5.56 Å². The molecular weight excluding hydrogens is 239 g/mol. The summed E-state index contributed by atoms with van der Waals surface area (Å²) in [5, 5.41) is 4.47. The van der Waals surface area contributed by atoms with Gasteiger partial charge in [0.15, 0.2) is 5.82 Å². The van der Waals surface area contributed by atoms with Crippen molar-refractivity contribution in [3.05, 3.63) is 60.4 Å². The molecule has 2 N–H and O–H groups in total. The van der Waals surface area contributed by atoms with Gasteiger partial charge in [-0.15, -0.1) is 5.10 Å². The van der Waals surface area contributed by atoms with E-state index in [1.807, 2.05) is 36.4 Å². The lowest BCUT2D eigenvalue weighted by Gasteiger charge is -2.00. The Kier molecular flexibility index (Phi) is 2.76. The van der Waals surface area contributed by atoms with Gasteiger partial charge >= 0.3 is 0 Å². The maximum absolute atomic E-state index is 5.67. The van der Waals surface area contributed by atoms with E-state index in [1.165, 1.54) is 5.56 Å². The van der Waals surface area contributed by atoms with Crippen LogP contribution in [-0.4, -0.2) is 14.8 Å². The highest BCUT2D eigenvalue weighted by molar-refractivity contribution is 5.58. The maximum atomic E-state index is 5.67. The van der Waals surface area contributed by atoms with Gasteiger partial charge < -0.3 is 5.73 Å². The Bertz CT molecular complexity index is 621. The average Bonchev–Trinajstić information content (AvgIpc) is 2.90. The minimum Gasteiger partial charge on any atom is -0.399 e. The third-order valence-electron chi connectivity index (χ3n) is 2.96. The van der Waals surface area contributed by atoms with Crippen LogP contribution in [0.4, 0.5) is 5.69 Å². The molecule has 1 aromatic heterocycles. The van der Waals surface area contributed by atoms with Gasteiger partial charge in [-0.05, 0) is 43.3 Å². The van der Waals surface area contributed by atoms with Crippen LogP contribution in [-0.2, 0) is 0 Å². The number of hydrogen-bond donors (Lipinski definition) is 1. The van der Waals surface area contributed by atoms with E-state index in [2.05, 4.69) is 29.1 Å². The van der Waals surface area contributed by atoms with Gasteiger partial charge in [-0.1, -0.05) is 17.7 Å². The molecule has 0 radical (unpaired) electrons. The lowest BCUT2D eigenvalue weighted by molar-refractivity contribution is 0.881. The van der Waals surface area contributed by atoms with E-state index in [0.29, 0.717) is 5.82 Å². The van der Waals surface area contributed by atoms with Gasteiger partial charge in [0.2, 0.25) is 0 Å². The van der Waals surface area contributed by atoms with Crippen LogP contribution in [0.5, 0.6) is 0 Å². The summed E-state index contributed by atoms with van der Waals surface area (Å²) in [4.78, 5) is 4.33. The predicted octanol–water partition coefficient (Wildman–Crippen LogP) is 2.82. The maximum Gasteiger partial charge on any atom is 0.181 e. The van der Waals surface area contributed by atoms with Crippen LogP contribution >= 0.6 is 0 Å². The van der Waals surface area contributed by atoms with Crippen molar-refractivity contribution in [1.82, 2.24) is 14.8 Å². The largest absolute Gasteiger partial charge is 0.399 e. The Hall–Kier alpha value is -2.62. The highest BCUT2D eigenvalue weighted by Gasteiger charge is 2.05. The van der Waals surface area contributed by atoms with E-state index in [4.69, 9.17) is 5.73 Å². The quantitative estimate of drug-likeness (QED) is 0.714. The number of rotatable bonds is 2. The molecule has 3 aromatic rings. The number of benzene rings is 2. The summed E-state index contributed by atoms with van der Waals surface area (Å²) in [6.07, 6.45) is 1.72. The van der Waals surface area contributed by atoms with Crippen molar-refractivity contribution in [2.24, 2.45) is 0 Å². The molecule has 0 atom stereocenters. The summed E-state index contributed by atoms with van der Waals surface area (Å²) in [5.74, 6) is 0.695. The summed E-state index contributed by atoms with van der Waals surface area (Å²) in [6, 6.07) is 15.7. The standard InChI is InChI=1S/C15H14N4/c1-11-2-8-14(9-3-11)19-10-17-15(18-19)12-4-6-13(16)7-5-12/h2-10H,16H2,1H3/i17+1,18+1,19+1. The molecule has 2 aromatic carbocycles. The lowest BCUT2D eigenvalue weighted by atomic mass is 10.2. The summed E-state index contributed by atoms with van der Waals surface area (Å²) in [5.41, 5.74) is 9.59. The van der Waals surface area contributed by atoms with E-state index in [0.717, 1.165) is 16.9 Å². The van der Waals surface area contributed by atoms with Gasteiger partial charge in [0.05, 0.1) is 5.69 Å². The van der Waals surface area contributed by atoms with Crippen molar-refractivity contribution in [3.8, 4) is 17.1 Å². The van der Waals surface area contributed by atoms with E-state index < -0.39 is 0 Å². The van der Waals surface area contributed by atoms with Crippen LogP contribution in [0.15, 0.2) is 54.9 Å². The van der Waals surface area contributed by atoms with Crippen molar-refractivity contribution in [2.45, 2.75) is 6.92 Å². The van der Waals surface area contributed by atoms with Gasteiger partial charge in [-0.3, -0.25) is 0 Å². The fourth-order valence-electron chi connectivity index (χ4n) is 1.85. The second-order valence-electron chi connectivity index (χ2n) is 4.47. The fraction of sp³-hybridized carbons (Fsp3) is 0.0667. The van der Waals surface area contributed by atoms with Crippen LogP contribution in [0.25, 0.3) is 17.1 Å². The Morgan fingerprint density at radius 3 is 2.32 bits per heavy atom. The first-order valence-electron chi connectivity index (χ1n) is 6.07. The average molecular weight is 253 g/mol. The smallest absolute Gasteiger partial charge is 0.181 e. The summed E-state index contributed by atoms with van der Waals surface area (Å²) in [7, 11) is 0. The summed E-state index contributed by atoms with van der Waals surface area (Å²) >= 11 is 0. The highest BCUT2D eigenvalue weighted by atomic mass is 16.2. The second-order valence-corrected chi connectivity index (χ2v) is 4.47. The minimum atomic E-state index is 0.695. The molecule has 19 heavy (non-hydrogen) atoms. The first kappa shape index (κ1) is 11.5. The molecule has 3 rings (SSSR count). The molecule has 4 heteroatoms. The molecule has 0 bridgehead atoms. The molecule has 0 spiro atoms. The zero-order valence-corrected chi connectivity index (χ0v) is 10.6.